The summed E-state index contributed by atoms with van der Waals surface area (Å²) < 4.78 is 0. The van der Waals surface area contributed by atoms with Gasteiger partial charge >= 0.3 is 5.97 Å². The third kappa shape index (κ3) is 3.46. The molecular weight excluding hydrogens is 254 g/mol. The zero-order valence-electron chi connectivity index (χ0n) is 12.5. The van der Waals surface area contributed by atoms with Crippen molar-refractivity contribution in [3.8, 4) is 0 Å². The van der Waals surface area contributed by atoms with Crippen LogP contribution in [0.2, 0.25) is 0 Å². The second-order valence-corrected chi connectivity index (χ2v) is 5.83. The fraction of sp³-hybridized carbons (Fsp3) is 0.667. The first kappa shape index (κ1) is 14.8. The Labute approximate surface area is 120 Å². The van der Waals surface area contributed by atoms with Crippen LogP contribution in [0.3, 0.4) is 0 Å². The number of aromatic nitrogens is 2. The van der Waals surface area contributed by atoms with E-state index < -0.39 is 5.97 Å². The summed E-state index contributed by atoms with van der Waals surface area (Å²) in [4.78, 5) is 22.3. The van der Waals surface area contributed by atoms with Gasteiger partial charge in [-0.3, -0.25) is 4.79 Å². The maximum Gasteiger partial charge on any atom is 0.305 e. The molecule has 1 fully saturated rings. The molecule has 0 amide bonds. The Morgan fingerprint density at radius 2 is 2.20 bits per heavy atom. The lowest BCUT2D eigenvalue weighted by Crippen LogP contribution is -2.42. The van der Waals surface area contributed by atoms with Crippen molar-refractivity contribution in [2.45, 2.75) is 58.4 Å². The lowest BCUT2D eigenvalue weighted by atomic mass is 10.00. The Bertz CT molecular complexity index is 488. The Hall–Kier alpha value is -1.65. The van der Waals surface area contributed by atoms with Crippen LogP contribution in [0.4, 0.5) is 5.95 Å². The Balaban J connectivity index is 2.29. The van der Waals surface area contributed by atoms with Crippen molar-refractivity contribution in [2.75, 3.05) is 11.4 Å². The number of aliphatic carboxylic acids is 1. The number of hydrogen-bond donors (Lipinski definition) is 1. The van der Waals surface area contributed by atoms with Gasteiger partial charge in [0.05, 0.1) is 6.42 Å². The van der Waals surface area contributed by atoms with Gasteiger partial charge in [-0.25, -0.2) is 9.97 Å². The minimum atomic E-state index is -0.751. The number of rotatable bonds is 4. The van der Waals surface area contributed by atoms with E-state index >= 15 is 0 Å². The highest BCUT2D eigenvalue weighted by Crippen LogP contribution is 2.25. The number of carboxylic acid groups (broad SMARTS) is 1. The van der Waals surface area contributed by atoms with Gasteiger partial charge < -0.3 is 10.0 Å². The topological polar surface area (TPSA) is 66.3 Å². The summed E-state index contributed by atoms with van der Waals surface area (Å²) in [5, 5.41) is 9.06. The second kappa shape index (κ2) is 6.20. The van der Waals surface area contributed by atoms with E-state index in [0.717, 1.165) is 37.2 Å². The number of piperidine rings is 1. The predicted molar refractivity (Wildman–Crippen MR) is 78.1 cm³/mol. The van der Waals surface area contributed by atoms with Crippen molar-refractivity contribution in [3.05, 3.63) is 17.5 Å². The van der Waals surface area contributed by atoms with Gasteiger partial charge in [0.2, 0.25) is 5.95 Å². The molecular formula is C15H23N3O2. The average Bonchev–Trinajstić information content (AvgIpc) is 2.37. The molecule has 1 saturated heterocycles. The van der Waals surface area contributed by atoms with Crippen LogP contribution in [-0.4, -0.2) is 33.6 Å². The van der Waals surface area contributed by atoms with Crippen molar-refractivity contribution in [1.29, 1.82) is 0 Å². The van der Waals surface area contributed by atoms with Crippen LogP contribution in [0.15, 0.2) is 6.07 Å². The molecule has 0 saturated carbocycles. The molecule has 2 heterocycles. The number of carboxylic acids is 1. The Morgan fingerprint density at radius 3 is 2.85 bits per heavy atom. The van der Waals surface area contributed by atoms with E-state index in [2.05, 4.69) is 28.7 Å². The van der Waals surface area contributed by atoms with Gasteiger partial charge in [0, 0.05) is 24.0 Å². The fourth-order valence-corrected chi connectivity index (χ4v) is 2.68. The van der Waals surface area contributed by atoms with Crippen LogP contribution in [-0.2, 0) is 4.79 Å². The molecule has 20 heavy (non-hydrogen) atoms. The fourth-order valence-electron chi connectivity index (χ4n) is 2.68. The molecule has 0 aromatic carbocycles. The molecule has 2 rings (SSSR count). The average molecular weight is 277 g/mol. The molecule has 1 N–H and O–H groups in total. The van der Waals surface area contributed by atoms with E-state index in [1.807, 2.05) is 13.0 Å². The minimum Gasteiger partial charge on any atom is -0.481 e. The molecule has 110 valence electrons. The van der Waals surface area contributed by atoms with Crippen LogP contribution < -0.4 is 4.90 Å². The highest BCUT2D eigenvalue weighted by molar-refractivity contribution is 5.68. The third-order valence-electron chi connectivity index (χ3n) is 3.75. The SMILES string of the molecule is Cc1cc(C(C)C)nc(N2CCCCC2CC(=O)O)n1. The number of hydrogen-bond acceptors (Lipinski definition) is 4. The van der Waals surface area contributed by atoms with Crippen molar-refractivity contribution in [1.82, 2.24) is 9.97 Å². The van der Waals surface area contributed by atoms with Crippen molar-refractivity contribution < 1.29 is 9.90 Å². The Kier molecular flexibility index (Phi) is 4.57. The molecule has 5 nitrogen and oxygen atoms in total. The van der Waals surface area contributed by atoms with Crippen LogP contribution >= 0.6 is 0 Å². The normalized spacial score (nSPS) is 19.4. The van der Waals surface area contributed by atoms with Gasteiger partial charge in [-0.2, -0.15) is 0 Å². The molecule has 1 aromatic rings. The van der Waals surface area contributed by atoms with Crippen molar-refractivity contribution >= 4 is 11.9 Å². The summed E-state index contributed by atoms with van der Waals surface area (Å²) >= 11 is 0. The van der Waals surface area contributed by atoms with E-state index in [1.54, 1.807) is 0 Å². The Morgan fingerprint density at radius 1 is 1.45 bits per heavy atom. The van der Waals surface area contributed by atoms with Crippen LogP contribution in [0.25, 0.3) is 0 Å². The van der Waals surface area contributed by atoms with E-state index in [-0.39, 0.29) is 12.5 Å². The monoisotopic (exact) mass is 277 g/mol. The molecule has 1 unspecified atom stereocenters. The van der Waals surface area contributed by atoms with Gasteiger partial charge in [0.15, 0.2) is 0 Å². The second-order valence-electron chi connectivity index (χ2n) is 5.83. The lowest BCUT2D eigenvalue weighted by molar-refractivity contribution is -0.137. The van der Waals surface area contributed by atoms with E-state index in [9.17, 15) is 4.79 Å². The zero-order valence-corrected chi connectivity index (χ0v) is 12.5. The summed E-state index contributed by atoms with van der Waals surface area (Å²) in [7, 11) is 0. The first-order chi connectivity index (χ1) is 9.47. The summed E-state index contributed by atoms with van der Waals surface area (Å²) in [6.07, 6.45) is 3.22. The predicted octanol–water partition coefficient (Wildman–Crippen LogP) is 2.74. The lowest BCUT2D eigenvalue weighted by Gasteiger charge is -2.35. The highest BCUT2D eigenvalue weighted by atomic mass is 16.4. The van der Waals surface area contributed by atoms with Crippen molar-refractivity contribution in [3.63, 3.8) is 0 Å². The van der Waals surface area contributed by atoms with Crippen LogP contribution in [0.5, 0.6) is 0 Å². The minimum absolute atomic E-state index is 0.0167. The molecule has 0 spiro atoms. The molecule has 1 aromatic heterocycles. The molecule has 0 bridgehead atoms. The molecule has 1 atom stereocenters. The largest absolute Gasteiger partial charge is 0.481 e. The first-order valence-corrected chi connectivity index (χ1v) is 7.31. The zero-order chi connectivity index (χ0) is 14.7. The van der Waals surface area contributed by atoms with Crippen LogP contribution in [0.1, 0.15) is 56.8 Å². The van der Waals surface area contributed by atoms with E-state index in [0.29, 0.717) is 11.9 Å². The smallest absolute Gasteiger partial charge is 0.305 e. The number of carbonyl (C=O) groups is 1. The van der Waals surface area contributed by atoms with Gasteiger partial charge in [-0.1, -0.05) is 13.8 Å². The van der Waals surface area contributed by atoms with E-state index in [1.165, 1.54) is 0 Å². The molecule has 0 radical (unpaired) electrons. The summed E-state index contributed by atoms with van der Waals surface area (Å²) in [6.45, 7) is 7.03. The number of anilines is 1. The van der Waals surface area contributed by atoms with Gasteiger partial charge in [0.25, 0.3) is 0 Å². The van der Waals surface area contributed by atoms with Crippen molar-refractivity contribution in [2.24, 2.45) is 0 Å². The van der Waals surface area contributed by atoms with Gasteiger partial charge in [-0.15, -0.1) is 0 Å². The standard InChI is InChI=1S/C15H23N3O2/c1-10(2)13-8-11(3)16-15(17-13)18-7-5-4-6-12(18)9-14(19)20/h8,10,12H,4-7,9H2,1-3H3,(H,19,20). The van der Waals surface area contributed by atoms with E-state index in [4.69, 9.17) is 5.11 Å². The molecule has 0 aliphatic carbocycles. The maximum atomic E-state index is 11.0. The van der Waals surface area contributed by atoms with Gasteiger partial charge in [-0.05, 0) is 38.2 Å². The highest BCUT2D eigenvalue weighted by Gasteiger charge is 2.27. The van der Waals surface area contributed by atoms with Crippen LogP contribution in [0, 0.1) is 6.92 Å². The molecule has 1 aliphatic rings. The maximum absolute atomic E-state index is 11.0. The van der Waals surface area contributed by atoms with Gasteiger partial charge in [0.1, 0.15) is 0 Å². The number of nitrogens with zero attached hydrogens (tertiary/aromatic N) is 3. The molecule has 1 aliphatic heterocycles. The molecule has 5 heteroatoms. The summed E-state index contributed by atoms with van der Waals surface area (Å²) in [5.74, 6) is 0.288. The summed E-state index contributed by atoms with van der Waals surface area (Å²) in [5.41, 5.74) is 1.96. The quantitative estimate of drug-likeness (QED) is 0.916. The third-order valence-corrected chi connectivity index (χ3v) is 3.75. The summed E-state index contributed by atoms with van der Waals surface area (Å²) in [6, 6.07) is 2.02. The number of aryl methyl sites for hydroxylation is 1. The first-order valence-electron chi connectivity index (χ1n) is 7.31.